The molecule has 0 rings (SSSR count). The minimum atomic E-state index is -0.979. The molecule has 24 heavy (non-hydrogen) atoms. The Morgan fingerprint density at radius 2 is 1.42 bits per heavy atom. The molecule has 0 aliphatic rings. The molecule has 0 amide bonds. The molecule has 0 aromatic rings. The molecule has 0 aromatic carbocycles. The second-order valence-corrected chi connectivity index (χ2v) is 6.06. The summed E-state index contributed by atoms with van der Waals surface area (Å²) in [6.07, 6.45) is 21.8. The number of carbonyl (C=O) groups is 1. The normalized spacial score (nSPS) is 13.4. The van der Waals surface area contributed by atoms with E-state index in [2.05, 4.69) is 0 Å². The van der Waals surface area contributed by atoms with Crippen molar-refractivity contribution in [2.45, 2.75) is 76.7 Å². The number of unbranched alkanes of at least 4 members (excludes halogenated alkanes) is 9. The Morgan fingerprint density at radius 3 is 2.00 bits per heavy atom. The van der Waals surface area contributed by atoms with Gasteiger partial charge in [0.1, 0.15) is 0 Å². The number of carboxylic acid groups (broad SMARTS) is 1. The number of allylic oxidation sites excluding steroid dienone is 3. The van der Waals surface area contributed by atoms with Crippen LogP contribution in [-0.2, 0) is 4.79 Å². The molecule has 0 aliphatic carbocycles. The summed E-state index contributed by atoms with van der Waals surface area (Å²) in [6, 6.07) is 0. The molecule has 0 bridgehead atoms. The Morgan fingerprint density at radius 1 is 0.833 bits per heavy atom. The van der Waals surface area contributed by atoms with E-state index in [1.165, 1.54) is 51.0 Å². The lowest BCUT2D eigenvalue weighted by atomic mass is 10.0. The van der Waals surface area contributed by atoms with Gasteiger partial charge in [-0.3, -0.25) is 0 Å². The zero-order valence-electron chi connectivity index (χ0n) is 14.8. The van der Waals surface area contributed by atoms with Crippen LogP contribution in [0.1, 0.15) is 70.6 Å². The maximum Gasteiger partial charge on any atom is 0.328 e. The lowest BCUT2D eigenvalue weighted by Crippen LogP contribution is -2.01. The highest BCUT2D eigenvalue weighted by molar-refractivity contribution is 5.80. The fraction of sp³-hybridized carbons (Fsp3) is 0.650. The largest absolute Gasteiger partial charge is 0.478 e. The maximum atomic E-state index is 10.3. The van der Waals surface area contributed by atoms with Gasteiger partial charge in [-0.25, -0.2) is 4.79 Å². The van der Waals surface area contributed by atoms with Crippen LogP contribution in [0.2, 0.25) is 0 Å². The second kappa shape index (κ2) is 18.0. The fourth-order valence-corrected chi connectivity index (χ4v) is 2.47. The van der Waals surface area contributed by atoms with Crippen molar-refractivity contribution in [1.29, 1.82) is 0 Å². The van der Waals surface area contributed by atoms with Crippen LogP contribution in [0.3, 0.4) is 0 Å². The Hall–Kier alpha value is -1.39. The summed E-state index contributed by atoms with van der Waals surface area (Å²) in [5.41, 5.74) is 0. The Balaban J connectivity index is 3.30. The molecular weight excluding hydrogens is 304 g/mol. The van der Waals surface area contributed by atoms with E-state index >= 15 is 0 Å². The van der Waals surface area contributed by atoms with E-state index in [0.29, 0.717) is 0 Å². The minimum absolute atomic E-state index is 0.148. The molecule has 1 unspecified atom stereocenters. The van der Waals surface area contributed by atoms with Gasteiger partial charge in [0.15, 0.2) is 0 Å². The molecule has 0 radical (unpaired) electrons. The summed E-state index contributed by atoms with van der Waals surface area (Å²) in [5, 5.41) is 26.7. The number of hydrogen-bond donors (Lipinski definition) is 3. The number of hydrogen-bond acceptors (Lipinski definition) is 3. The highest BCUT2D eigenvalue weighted by Gasteiger charge is 1.98. The van der Waals surface area contributed by atoms with Crippen LogP contribution in [0.4, 0.5) is 0 Å². The zero-order chi connectivity index (χ0) is 17.9. The zero-order valence-corrected chi connectivity index (χ0v) is 14.8. The second-order valence-electron chi connectivity index (χ2n) is 6.06. The van der Waals surface area contributed by atoms with E-state index < -0.39 is 12.1 Å². The van der Waals surface area contributed by atoms with E-state index in [1.54, 1.807) is 18.2 Å². The Labute approximate surface area is 146 Å². The molecule has 0 saturated heterocycles. The van der Waals surface area contributed by atoms with E-state index in [0.717, 1.165) is 31.8 Å². The molecule has 0 fully saturated rings. The number of aliphatic hydroxyl groups excluding tert-OH is 2. The highest BCUT2D eigenvalue weighted by Crippen LogP contribution is 2.12. The standard InChI is InChI=1S/C20H34O4/c21-18-14-10-8-6-4-2-1-3-5-7-9-11-15-19(22)16-12-13-17-20(23)24/h10,12-14,16-17,19,21-22H,1-9,11,15,18H2,(H,23,24). The molecular formula is C20H34O4. The number of carboxylic acids is 1. The van der Waals surface area contributed by atoms with E-state index in [-0.39, 0.29) is 6.61 Å². The molecule has 138 valence electrons. The van der Waals surface area contributed by atoms with Crippen LogP contribution in [0.5, 0.6) is 0 Å². The van der Waals surface area contributed by atoms with Gasteiger partial charge in [-0.05, 0) is 19.3 Å². The molecule has 0 heterocycles. The summed E-state index contributed by atoms with van der Waals surface area (Å²) in [6.45, 7) is 0.148. The Kier molecular flexibility index (Phi) is 16.9. The summed E-state index contributed by atoms with van der Waals surface area (Å²) < 4.78 is 0. The SMILES string of the molecule is O=C(O)C=CC=CC(O)CCCCCCCCCCCC=CCO. The van der Waals surface area contributed by atoms with Crippen LogP contribution in [0.25, 0.3) is 0 Å². The molecule has 4 heteroatoms. The highest BCUT2D eigenvalue weighted by atomic mass is 16.4. The topological polar surface area (TPSA) is 77.8 Å². The van der Waals surface area contributed by atoms with Gasteiger partial charge < -0.3 is 15.3 Å². The predicted molar refractivity (Wildman–Crippen MR) is 98.9 cm³/mol. The van der Waals surface area contributed by atoms with Gasteiger partial charge in [-0.2, -0.15) is 0 Å². The van der Waals surface area contributed by atoms with E-state index in [9.17, 15) is 9.90 Å². The molecule has 3 N–H and O–H groups in total. The first-order valence-electron chi connectivity index (χ1n) is 9.18. The number of aliphatic hydroxyl groups is 2. The van der Waals surface area contributed by atoms with Crippen molar-refractivity contribution in [3.63, 3.8) is 0 Å². The first-order valence-corrected chi connectivity index (χ1v) is 9.18. The average molecular weight is 338 g/mol. The van der Waals surface area contributed by atoms with Crippen molar-refractivity contribution in [3.8, 4) is 0 Å². The van der Waals surface area contributed by atoms with Crippen LogP contribution in [0.15, 0.2) is 36.5 Å². The average Bonchev–Trinajstić information content (AvgIpc) is 2.55. The monoisotopic (exact) mass is 338 g/mol. The molecule has 4 nitrogen and oxygen atoms in total. The predicted octanol–water partition coefficient (Wildman–Crippen LogP) is 4.38. The lowest BCUT2D eigenvalue weighted by molar-refractivity contribution is -0.131. The first kappa shape index (κ1) is 22.6. The van der Waals surface area contributed by atoms with Crippen molar-refractivity contribution in [2.75, 3.05) is 6.61 Å². The fourth-order valence-electron chi connectivity index (χ4n) is 2.47. The van der Waals surface area contributed by atoms with Crippen molar-refractivity contribution in [1.82, 2.24) is 0 Å². The maximum absolute atomic E-state index is 10.3. The third kappa shape index (κ3) is 18.7. The Bertz CT molecular complexity index is 372. The van der Waals surface area contributed by atoms with Gasteiger partial charge in [-0.15, -0.1) is 0 Å². The summed E-state index contributed by atoms with van der Waals surface area (Å²) >= 11 is 0. The van der Waals surface area contributed by atoms with E-state index in [1.807, 2.05) is 6.08 Å². The molecule has 1 atom stereocenters. The lowest BCUT2D eigenvalue weighted by Gasteiger charge is -2.05. The van der Waals surface area contributed by atoms with Crippen molar-refractivity contribution in [2.24, 2.45) is 0 Å². The first-order chi connectivity index (χ1) is 11.7. The number of rotatable bonds is 16. The van der Waals surface area contributed by atoms with Gasteiger partial charge >= 0.3 is 5.97 Å². The number of aliphatic carboxylic acids is 1. The van der Waals surface area contributed by atoms with Crippen LogP contribution in [-0.4, -0.2) is 34.0 Å². The molecule has 0 aromatic heterocycles. The smallest absolute Gasteiger partial charge is 0.328 e. The van der Waals surface area contributed by atoms with Crippen molar-refractivity contribution < 1.29 is 20.1 Å². The summed E-state index contributed by atoms with van der Waals surface area (Å²) in [7, 11) is 0. The van der Waals surface area contributed by atoms with Gasteiger partial charge in [0.2, 0.25) is 0 Å². The van der Waals surface area contributed by atoms with Crippen LogP contribution >= 0.6 is 0 Å². The van der Waals surface area contributed by atoms with E-state index in [4.69, 9.17) is 10.2 Å². The van der Waals surface area contributed by atoms with Gasteiger partial charge in [-0.1, -0.05) is 81.7 Å². The molecule has 0 saturated carbocycles. The third-order valence-electron chi connectivity index (χ3n) is 3.83. The van der Waals surface area contributed by atoms with Crippen LogP contribution < -0.4 is 0 Å². The van der Waals surface area contributed by atoms with Gasteiger partial charge in [0, 0.05) is 6.08 Å². The van der Waals surface area contributed by atoms with Crippen molar-refractivity contribution >= 4 is 5.97 Å². The molecule has 0 spiro atoms. The quantitative estimate of drug-likeness (QED) is 0.169. The van der Waals surface area contributed by atoms with Crippen molar-refractivity contribution in [3.05, 3.63) is 36.5 Å². The van der Waals surface area contributed by atoms with Gasteiger partial charge in [0.05, 0.1) is 12.7 Å². The summed E-state index contributed by atoms with van der Waals surface area (Å²) in [4.78, 5) is 10.3. The molecule has 0 aliphatic heterocycles. The van der Waals surface area contributed by atoms with Crippen LogP contribution in [0, 0.1) is 0 Å². The minimum Gasteiger partial charge on any atom is -0.478 e. The summed E-state index contributed by atoms with van der Waals surface area (Å²) in [5.74, 6) is -0.979. The van der Waals surface area contributed by atoms with Gasteiger partial charge in [0.25, 0.3) is 0 Å². The third-order valence-corrected chi connectivity index (χ3v) is 3.83.